The number of morpholine rings is 1. The first kappa shape index (κ1) is 13.2. The van der Waals surface area contributed by atoms with E-state index in [0.717, 1.165) is 39.4 Å². The van der Waals surface area contributed by atoms with Crippen molar-refractivity contribution in [1.29, 1.82) is 0 Å². The highest BCUT2D eigenvalue weighted by Gasteiger charge is 2.39. The summed E-state index contributed by atoms with van der Waals surface area (Å²) in [6, 6.07) is -0.328. The molecule has 100 valence electrons. The molecule has 2 aliphatic rings. The maximum absolute atomic E-state index is 9.68. The summed E-state index contributed by atoms with van der Waals surface area (Å²) in [7, 11) is 0. The first-order valence-electron chi connectivity index (χ1n) is 6.23. The van der Waals surface area contributed by atoms with Crippen molar-refractivity contribution in [3.8, 4) is 0 Å². The highest BCUT2D eigenvalue weighted by Crippen LogP contribution is 2.18. The van der Waals surface area contributed by atoms with Crippen LogP contribution in [0, 0.1) is 0 Å². The topological polar surface area (TPSA) is 76.4 Å². The van der Waals surface area contributed by atoms with Crippen molar-refractivity contribution >= 4 is 0 Å². The van der Waals surface area contributed by atoms with Crippen molar-refractivity contribution in [3.05, 3.63) is 0 Å². The summed E-state index contributed by atoms with van der Waals surface area (Å²) in [6.07, 6.45) is -1.57. The minimum absolute atomic E-state index is 0.110. The van der Waals surface area contributed by atoms with Crippen LogP contribution in [0.4, 0.5) is 0 Å². The molecule has 0 radical (unpaired) electrons. The van der Waals surface area contributed by atoms with Gasteiger partial charge in [-0.2, -0.15) is 0 Å². The molecule has 3 atom stereocenters. The van der Waals surface area contributed by atoms with Gasteiger partial charge in [0.1, 0.15) is 0 Å². The van der Waals surface area contributed by atoms with Gasteiger partial charge in [-0.05, 0) is 0 Å². The molecule has 6 nitrogen and oxygen atoms in total. The molecule has 0 aromatic rings. The minimum atomic E-state index is -0.829. The molecule has 3 N–H and O–H groups in total. The molecule has 2 heterocycles. The van der Waals surface area contributed by atoms with E-state index in [9.17, 15) is 15.3 Å². The van der Waals surface area contributed by atoms with E-state index in [1.807, 2.05) is 4.90 Å². The number of aliphatic hydroxyl groups is 3. The molecule has 6 heteroatoms. The van der Waals surface area contributed by atoms with E-state index in [-0.39, 0.29) is 12.6 Å². The summed E-state index contributed by atoms with van der Waals surface area (Å²) >= 11 is 0. The summed E-state index contributed by atoms with van der Waals surface area (Å²) in [6.45, 7) is 5.39. The molecular formula is C11H22N2O4. The Hall–Kier alpha value is -0.240. The molecule has 2 saturated heterocycles. The van der Waals surface area contributed by atoms with Crippen LogP contribution in [-0.4, -0.2) is 95.9 Å². The monoisotopic (exact) mass is 246 g/mol. The second-order valence-corrected chi connectivity index (χ2v) is 4.76. The number of β-amino-alcohol motifs (C(OH)–C–C–N with tert-alkyl or cyclic N) is 1. The summed E-state index contributed by atoms with van der Waals surface area (Å²) < 4.78 is 5.27. The third-order valence-corrected chi connectivity index (χ3v) is 3.67. The Balaban J connectivity index is 1.77. The molecule has 2 fully saturated rings. The zero-order valence-electron chi connectivity index (χ0n) is 10.0. The Bertz CT molecular complexity index is 236. The quantitative estimate of drug-likeness (QED) is 0.519. The first-order valence-corrected chi connectivity index (χ1v) is 6.23. The highest BCUT2D eigenvalue weighted by atomic mass is 16.5. The maximum atomic E-state index is 9.68. The Morgan fingerprint density at radius 3 is 2.47 bits per heavy atom. The van der Waals surface area contributed by atoms with Gasteiger partial charge in [-0.15, -0.1) is 0 Å². The second kappa shape index (κ2) is 6.08. The number of likely N-dealkylation sites (tertiary alicyclic amines) is 1. The Morgan fingerprint density at radius 1 is 1.12 bits per heavy atom. The van der Waals surface area contributed by atoms with Gasteiger partial charge >= 0.3 is 0 Å². The molecule has 0 spiro atoms. The van der Waals surface area contributed by atoms with Gasteiger partial charge in [0.2, 0.25) is 0 Å². The van der Waals surface area contributed by atoms with Crippen LogP contribution >= 0.6 is 0 Å². The largest absolute Gasteiger partial charge is 0.395 e. The molecule has 2 rings (SSSR count). The second-order valence-electron chi connectivity index (χ2n) is 4.76. The van der Waals surface area contributed by atoms with Crippen LogP contribution in [0.5, 0.6) is 0 Å². The summed E-state index contributed by atoms with van der Waals surface area (Å²) in [5, 5.41) is 28.5. The first-order chi connectivity index (χ1) is 8.22. The lowest BCUT2D eigenvalue weighted by molar-refractivity contribution is 0.0154. The smallest absolute Gasteiger partial charge is 0.0988 e. The van der Waals surface area contributed by atoms with Gasteiger partial charge in [0.05, 0.1) is 38.1 Å². The molecule has 0 unspecified atom stereocenters. The van der Waals surface area contributed by atoms with Crippen molar-refractivity contribution in [2.45, 2.75) is 18.2 Å². The fourth-order valence-corrected chi connectivity index (χ4v) is 2.53. The van der Waals surface area contributed by atoms with Gasteiger partial charge in [0, 0.05) is 32.7 Å². The minimum Gasteiger partial charge on any atom is -0.395 e. The van der Waals surface area contributed by atoms with Crippen LogP contribution in [0.2, 0.25) is 0 Å². The van der Waals surface area contributed by atoms with Gasteiger partial charge in [-0.1, -0.05) is 0 Å². The Morgan fingerprint density at radius 2 is 1.82 bits per heavy atom. The average molecular weight is 246 g/mol. The Kier molecular flexibility index (Phi) is 4.72. The molecule has 0 aromatic heterocycles. The van der Waals surface area contributed by atoms with Gasteiger partial charge in [0.15, 0.2) is 0 Å². The number of hydrogen-bond acceptors (Lipinski definition) is 6. The number of aliphatic hydroxyl groups excluding tert-OH is 3. The number of nitrogens with zero attached hydrogens (tertiary/aromatic N) is 2. The predicted octanol–water partition coefficient (Wildman–Crippen LogP) is -2.28. The van der Waals surface area contributed by atoms with Gasteiger partial charge in [-0.3, -0.25) is 9.80 Å². The summed E-state index contributed by atoms with van der Waals surface area (Å²) in [4.78, 5) is 4.26. The van der Waals surface area contributed by atoms with Crippen LogP contribution in [0.15, 0.2) is 0 Å². The van der Waals surface area contributed by atoms with Gasteiger partial charge in [-0.25, -0.2) is 0 Å². The van der Waals surface area contributed by atoms with Crippen LogP contribution in [0.25, 0.3) is 0 Å². The van der Waals surface area contributed by atoms with Crippen molar-refractivity contribution in [2.24, 2.45) is 0 Å². The van der Waals surface area contributed by atoms with E-state index in [1.165, 1.54) is 0 Å². The highest BCUT2D eigenvalue weighted by molar-refractivity contribution is 4.93. The van der Waals surface area contributed by atoms with E-state index in [4.69, 9.17) is 4.74 Å². The maximum Gasteiger partial charge on any atom is 0.0988 e. The Labute approximate surface area is 101 Å². The standard InChI is InChI=1S/C11H22N2O4/c14-8-9-11(16)10(15)7-13(9)2-1-12-3-5-17-6-4-12/h9-11,14-16H,1-8H2/t9-,10-,11-/m1/s1. The summed E-state index contributed by atoms with van der Waals surface area (Å²) in [5.41, 5.74) is 0. The normalized spacial score (nSPS) is 36.5. The summed E-state index contributed by atoms with van der Waals surface area (Å²) in [5.74, 6) is 0. The fraction of sp³-hybridized carbons (Fsp3) is 1.00. The molecule has 0 aliphatic carbocycles. The van der Waals surface area contributed by atoms with Gasteiger partial charge < -0.3 is 20.1 Å². The molecule has 2 aliphatic heterocycles. The predicted molar refractivity (Wildman–Crippen MR) is 61.7 cm³/mol. The van der Waals surface area contributed by atoms with Crippen molar-refractivity contribution in [1.82, 2.24) is 9.80 Å². The molecule has 0 aromatic carbocycles. The SMILES string of the molecule is OC[C@@H]1[C@@H](O)[C@H](O)CN1CCN1CCOCC1. The lowest BCUT2D eigenvalue weighted by Crippen LogP contribution is -2.45. The lowest BCUT2D eigenvalue weighted by atomic mass is 10.1. The molecule has 0 bridgehead atoms. The molecular weight excluding hydrogens is 224 g/mol. The van der Waals surface area contributed by atoms with Crippen LogP contribution in [-0.2, 0) is 4.74 Å². The zero-order valence-corrected chi connectivity index (χ0v) is 10.0. The van der Waals surface area contributed by atoms with E-state index in [1.54, 1.807) is 0 Å². The molecule has 0 amide bonds. The average Bonchev–Trinajstić information content (AvgIpc) is 2.63. The third kappa shape index (κ3) is 3.15. The van der Waals surface area contributed by atoms with E-state index in [2.05, 4.69) is 4.90 Å². The van der Waals surface area contributed by atoms with Crippen molar-refractivity contribution < 1.29 is 20.1 Å². The third-order valence-electron chi connectivity index (χ3n) is 3.67. The van der Waals surface area contributed by atoms with E-state index in [0.29, 0.717) is 6.54 Å². The number of ether oxygens (including phenoxy) is 1. The van der Waals surface area contributed by atoms with Crippen LogP contribution in [0.3, 0.4) is 0 Å². The molecule has 17 heavy (non-hydrogen) atoms. The van der Waals surface area contributed by atoms with E-state index >= 15 is 0 Å². The number of rotatable bonds is 4. The zero-order chi connectivity index (χ0) is 12.3. The van der Waals surface area contributed by atoms with Crippen LogP contribution in [0.1, 0.15) is 0 Å². The lowest BCUT2D eigenvalue weighted by Gasteiger charge is -2.30. The molecule has 0 saturated carbocycles. The van der Waals surface area contributed by atoms with Crippen molar-refractivity contribution in [2.75, 3.05) is 52.5 Å². The fourth-order valence-electron chi connectivity index (χ4n) is 2.53. The number of hydrogen-bond donors (Lipinski definition) is 3. The van der Waals surface area contributed by atoms with Crippen molar-refractivity contribution in [3.63, 3.8) is 0 Å². The van der Waals surface area contributed by atoms with Gasteiger partial charge in [0.25, 0.3) is 0 Å². The van der Waals surface area contributed by atoms with Crippen LogP contribution < -0.4 is 0 Å². The van der Waals surface area contributed by atoms with E-state index < -0.39 is 12.2 Å².